The normalized spacial score (nSPS) is 13.8. The molecule has 0 saturated carbocycles. The number of carbonyl (C=O) groups is 2. The van der Waals surface area contributed by atoms with E-state index in [4.69, 9.17) is 14.6 Å². The average molecular weight is 470 g/mol. The second-order valence-electron chi connectivity index (χ2n) is 7.87. The smallest absolute Gasteiger partial charge is 0.335 e. The van der Waals surface area contributed by atoms with Crippen molar-refractivity contribution in [1.29, 1.82) is 0 Å². The van der Waals surface area contributed by atoms with Gasteiger partial charge < -0.3 is 19.9 Å². The van der Waals surface area contributed by atoms with Crippen molar-refractivity contribution in [3.8, 4) is 5.75 Å². The van der Waals surface area contributed by atoms with Crippen molar-refractivity contribution in [2.45, 2.75) is 32.4 Å². The van der Waals surface area contributed by atoms with Crippen LogP contribution >= 0.6 is 11.3 Å². The predicted octanol–water partition coefficient (Wildman–Crippen LogP) is 4.75. The lowest BCUT2D eigenvalue weighted by Gasteiger charge is -2.18. The molecule has 2 heterocycles. The largest absolute Gasteiger partial charge is 0.494 e. The number of benzene rings is 2. The first-order chi connectivity index (χ1) is 15.9. The number of ether oxygens (including phenoxy) is 2. The van der Waals surface area contributed by atoms with Gasteiger partial charge in [0.2, 0.25) is 0 Å². The molecule has 2 aromatic carbocycles. The average Bonchev–Trinajstić information content (AvgIpc) is 3.17. The van der Waals surface area contributed by atoms with Crippen LogP contribution in [0, 0.1) is 5.82 Å². The molecule has 2 N–H and O–H groups in total. The molecule has 1 aliphatic heterocycles. The maximum atomic E-state index is 14.2. The third-order valence-electron chi connectivity index (χ3n) is 5.71. The SMILES string of the molecule is COc1ccc(Cc2sc3c(c2C(=O)NC(C)c2ccc(C(=O)O)cc2)CCOC3)cc1F. The molecular formula is C25H24FNO5S. The van der Waals surface area contributed by atoms with Gasteiger partial charge in [-0.1, -0.05) is 18.2 Å². The molecular weight excluding hydrogens is 445 g/mol. The van der Waals surface area contributed by atoms with Gasteiger partial charge in [-0.05, 0) is 54.3 Å². The van der Waals surface area contributed by atoms with Gasteiger partial charge in [-0.3, -0.25) is 4.79 Å². The number of carboxylic acid groups (broad SMARTS) is 1. The molecule has 4 rings (SSSR count). The topological polar surface area (TPSA) is 84.9 Å². The Labute approximate surface area is 195 Å². The summed E-state index contributed by atoms with van der Waals surface area (Å²) in [6.07, 6.45) is 1.07. The molecule has 0 bridgehead atoms. The molecule has 1 aliphatic rings. The van der Waals surface area contributed by atoms with Crippen LogP contribution in [-0.2, 0) is 24.2 Å². The first kappa shape index (κ1) is 22.9. The molecule has 0 fully saturated rings. The number of methoxy groups -OCH3 is 1. The van der Waals surface area contributed by atoms with E-state index in [2.05, 4.69) is 5.32 Å². The molecule has 8 heteroatoms. The zero-order valence-corrected chi connectivity index (χ0v) is 19.1. The number of hydrogen-bond acceptors (Lipinski definition) is 5. The summed E-state index contributed by atoms with van der Waals surface area (Å²) in [4.78, 5) is 26.4. The number of nitrogens with one attached hydrogen (secondary N) is 1. The fraction of sp³-hybridized carbons (Fsp3) is 0.280. The number of aromatic carboxylic acids is 1. The van der Waals surface area contributed by atoms with E-state index >= 15 is 0 Å². The summed E-state index contributed by atoms with van der Waals surface area (Å²) < 4.78 is 24.8. The number of amides is 1. The van der Waals surface area contributed by atoms with Crippen LogP contribution in [0.15, 0.2) is 42.5 Å². The van der Waals surface area contributed by atoms with E-state index in [0.29, 0.717) is 31.6 Å². The van der Waals surface area contributed by atoms with Gasteiger partial charge >= 0.3 is 5.97 Å². The van der Waals surface area contributed by atoms with E-state index in [9.17, 15) is 14.0 Å². The van der Waals surface area contributed by atoms with Crippen LogP contribution in [0.3, 0.4) is 0 Å². The minimum Gasteiger partial charge on any atom is -0.494 e. The Bertz CT molecular complexity index is 1190. The number of rotatable bonds is 7. The number of hydrogen-bond donors (Lipinski definition) is 2. The van der Waals surface area contributed by atoms with Crippen LogP contribution < -0.4 is 10.1 Å². The third-order valence-corrected chi connectivity index (χ3v) is 6.91. The van der Waals surface area contributed by atoms with E-state index in [0.717, 1.165) is 26.4 Å². The van der Waals surface area contributed by atoms with E-state index in [-0.39, 0.29) is 23.3 Å². The summed E-state index contributed by atoms with van der Waals surface area (Å²) >= 11 is 1.52. The highest BCUT2D eigenvalue weighted by Crippen LogP contribution is 2.35. The van der Waals surface area contributed by atoms with Crippen molar-refractivity contribution in [3.63, 3.8) is 0 Å². The zero-order valence-electron chi connectivity index (χ0n) is 18.3. The first-order valence-corrected chi connectivity index (χ1v) is 11.4. The Morgan fingerprint density at radius 3 is 2.67 bits per heavy atom. The zero-order chi connectivity index (χ0) is 23.5. The molecule has 0 saturated heterocycles. The lowest BCUT2D eigenvalue weighted by Crippen LogP contribution is -2.28. The highest BCUT2D eigenvalue weighted by molar-refractivity contribution is 7.12. The predicted molar refractivity (Wildman–Crippen MR) is 123 cm³/mol. The van der Waals surface area contributed by atoms with Gasteiger partial charge in [0.05, 0.1) is 37.5 Å². The maximum Gasteiger partial charge on any atom is 0.335 e. The number of carboxylic acids is 1. The number of fused-ring (bicyclic) bond motifs is 1. The lowest BCUT2D eigenvalue weighted by atomic mass is 9.99. The number of thiophene rings is 1. The third kappa shape index (κ3) is 4.91. The fourth-order valence-corrected chi connectivity index (χ4v) is 5.27. The Hall–Kier alpha value is -3.23. The molecule has 6 nitrogen and oxygen atoms in total. The second kappa shape index (κ2) is 9.72. The van der Waals surface area contributed by atoms with Crippen molar-refractivity contribution in [2.75, 3.05) is 13.7 Å². The second-order valence-corrected chi connectivity index (χ2v) is 9.06. The Balaban J connectivity index is 1.60. The molecule has 1 atom stereocenters. The summed E-state index contributed by atoms with van der Waals surface area (Å²) in [6.45, 7) is 2.87. The standard InChI is InChI=1S/C25H24FNO5S/c1-14(16-4-6-17(7-5-16)25(29)30)27-24(28)23-18-9-10-32-13-22(18)33-21(23)12-15-3-8-20(31-2)19(26)11-15/h3-8,11,14H,9-10,12-13H2,1-2H3,(H,27,28)(H,29,30). The molecule has 33 heavy (non-hydrogen) atoms. The maximum absolute atomic E-state index is 14.2. The summed E-state index contributed by atoms with van der Waals surface area (Å²) in [5.74, 6) is -1.46. The number of carbonyl (C=O) groups excluding carboxylic acids is 1. The van der Waals surface area contributed by atoms with Gasteiger partial charge in [0, 0.05) is 16.2 Å². The van der Waals surface area contributed by atoms with E-state index in [1.54, 1.807) is 24.3 Å². The molecule has 3 aromatic rings. The van der Waals surface area contributed by atoms with Crippen molar-refractivity contribution in [3.05, 3.63) is 85.9 Å². The van der Waals surface area contributed by atoms with E-state index in [1.165, 1.54) is 36.6 Å². The quantitative estimate of drug-likeness (QED) is 0.522. The monoisotopic (exact) mass is 469 g/mol. The molecule has 0 aliphatic carbocycles. The van der Waals surface area contributed by atoms with Gasteiger partial charge in [-0.25, -0.2) is 9.18 Å². The van der Waals surface area contributed by atoms with E-state index in [1.807, 2.05) is 6.92 Å². The van der Waals surface area contributed by atoms with Crippen molar-refractivity contribution >= 4 is 23.2 Å². The van der Waals surface area contributed by atoms with Crippen molar-refractivity contribution < 1.29 is 28.6 Å². The van der Waals surface area contributed by atoms with Gasteiger partial charge in [-0.15, -0.1) is 11.3 Å². The van der Waals surface area contributed by atoms with Crippen LogP contribution in [0.1, 0.15) is 60.1 Å². The van der Waals surface area contributed by atoms with Crippen molar-refractivity contribution in [2.24, 2.45) is 0 Å². The summed E-state index contributed by atoms with van der Waals surface area (Å²) in [5, 5.41) is 12.1. The molecule has 1 aromatic heterocycles. The van der Waals surface area contributed by atoms with Crippen LogP contribution in [0.5, 0.6) is 5.75 Å². The van der Waals surface area contributed by atoms with Gasteiger partial charge in [-0.2, -0.15) is 0 Å². The first-order valence-electron chi connectivity index (χ1n) is 10.5. The minimum absolute atomic E-state index is 0.179. The molecule has 0 spiro atoms. The molecule has 0 radical (unpaired) electrons. The Morgan fingerprint density at radius 1 is 1.24 bits per heavy atom. The summed E-state index contributed by atoms with van der Waals surface area (Å²) in [5.41, 5.74) is 3.36. The van der Waals surface area contributed by atoms with Crippen LogP contribution in [-0.4, -0.2) is 30.7 Å². The van der Waals surface area contributed by atoms with Gasteiger partial charge in [0.25, 0.3) is 5.91 Å². The summed E-state index contributed by atoms with van der Waals surface area (Å²) in [6, 6.07) is 10.9. The highest BCUT2D eigenvalue weighted by atomic mass is 32.1. The highest BCUT2D eigenvalue weighted by Gasteiger charge is 2.27. The van der Waals surface area contributed by atoms with Gasteiger partial charge in [0.15, 0.2) is 11.6 Å². The van der Waals surface area contributed by atoms with Crippen LogP contribution in [0.4, 0.5) is 4.39 Å². The summed E-state index contributed by atoms with van der Waals surface area (Å²) in [7, 11) is 1.42. The molecule has 172 valence electrons. The Morgan fingerprint density at radius 2 is 2.00 bits per heavy atom. The van der Waals surface area contributed by atoms with E-state index < -0.39 is 11.8 Å². The lowest BCUT2D eigenvalue weighted by molar-refractivity contribution is 0.0696. The van der Waals surface area contributed by atoms with Crippen LogP contribution in [0.25, 0.3) is 0 Å². The van der Waals surface area contributed by atoms with Gasteiger partial charge in [0.1, 0.15) is 0 Å². The molecule has 1 unspecified atom stereocenters. The Kier molecular flexibility index (Phi) is 6.76. The number of halogens is 1. The minimum atomic E-state index is -0.995. The molecule has 1 amide bonds. The van der Waals surface area contributed by atoms with Crippen molar-refractivity contribution in [1.82, 2.24) is 5.32 Å². The fourth-order valence-electron chi connectivity index (χ4n) is 3.95. The van der Waals surface area contributed by atoms with Crippen LogP contribution in [0.2, 0.25) is 0 Å².